The molecule has 0 unspecified atom stereocenters. The van der Waals surface area contributed by atoms with E-state index < -0.39 is 5.82 Å². The summed E-state index contributed by atoms with van der Waals surface area (Å²) in [4.78, 5) is 18.3. The standard InChI is InChI=1S/C21H19FN2O2/c1-24(14-15-7-11-20(26-2)18(22)13-15)21(25)12-10-17-9-8-16-5-3-4-6-19(16)23-17/h3-13H,14H2,1-2H3. The van der Waals surface area contributed by atoms with Crippen molar-refractivity contribution in [2.75, 3.05) is 14.2 Å². The SMILES string of the molecule is COc1ccc(CN(C)C(=O)C=Cc2ccc3ccccc3n2)cc1F. The first-order chi connectivity index (χ1) is 12.6. The van der Waals surface area contributed by atoms with Gasteiger partial charge in [-0.15, -0.1) is 0 Å². The van der Waals surface area contributed by atoms with Gasteiger partial charge in [-0.05, 0) is 35.9 Å². The van der Waals surface area contributed by atoms with Crippen LogP contribution in [0.3, 0.4) is 0 Å². The van der Waals surface area contributed by atoms with Gasteiger partial charge in [-0.3, -0.25) is 4.79 Å². The molecule has 0 bridgehead atoms. The molecule has 0 aliphatic carbocycles. The summed E-state index contributed by atoms with van der Waals surface area (Å²) >= 11 is 0. The monoisotopic (exact) mass is 350 g/mol. The van der Waals surface area contributed by atoms with Crippen LogP contribution in [0, 0.1) is 5.82 Å². The quantitative estimate of drug-likeness (QED) is 0.652. The van der Waals surface area contributed by atoms with Crippen molar-refractivity contribution in [3.63, 3.8) is 0 Å². The Kier molecular flexibility index (Phi) is 5.27. The average molecular weight is 350 g/mol. The summed E-state index contributed by atoms with van der Waals surface area (Å²) in [6, 6.07) is 16.3. The van der Waals surface area contributed by atoms with Crippen molar-refractivity contribution in [3.8, 4) is 5.75 Å². The van der Waals surface area contributed by atoms with Gasteiger partial charge in [0.2, 0.25) is 5.91 Å². The van der Waals surface area contributed by atoms with E-state index in [0.717, 1.165) is 10.9 Å². The third kappa shape index (κ3) is 4.06. The maximum absolute atomic E-state index is 13.7. The second-order valence-corrected chi connectivity index (χ2v) is 5.93. The van der Waals surface area contributed by atoms with E-state index >= 15 is 0 Å². The molecule has 26 heavy (non-hydrogen) atoms. The van der Waals surface area contributed by atoms with Crippen LogP contribution < -0.4 is 4.74 Å². The summed E-state index contributed by atoms with van der Waals surface area (Å²) in [5.74, 6) is -0.442. The minimum absolute atomic E-state index is 0.184. The zero-order valence-corrected chi connectivity index (χ0v) is 14.6. The molecule has 1 aromatic heterocycles. The topological polar surface area (TPSA) is 42.4 Å². The molecule has 0 aliphatic rings. The third-order valence-corrected chi connectivity index (χ3v) is 4.03. The number of hydrogen-bond donors (Lipinski definition) is 0. The molecule has 0 fully saturated rings. The Morgan fingerprint density at radius 1 is 1.19 bits per heavy atom. The van der Waals surface area contributed by atoms with Crippen molar-refractivity contribution in [3.05, 3.63) is 77.7 Å². The Labute approximate surface area is 151 Å². The summed E-state index contributed by atoms with van der Waals surface area (Å²) < 4.78 is 18.6. The molecule has 132 valence electrons. The number of hydrogen-bond acceptors (Lipinski definition) is 3. The zero-order valence-electron chi connectivity index (χ0n) is 14.6. The van der Waals surface area contributed by atoms with Crippen molar-refractivity contribution in [1.29, 1.82) is 0 Å². The Hall–Kier alpha value is -3.21. The van der Waals surface area contributed by atoms with Crippen LogP contribution in [0.1, 0.15) is 11.3 Å². The summed E-state index contributed by atoms with van der Waals surface area (Å²) in [6.45, 7) is 0.301. The lowest BCUT2D eigenvalue weighted by Crippen LogP contribution is -2.24. The fourth-order valence-electron chi connectivity index (χ4n) is 2.62. The number of aromatic nitrogens is 1. The summed E-state index contributed by atoms with van der Waals surface area (Å²) in [5, 5.41) is 1.05. The van der Waals surface area contributed by atoms with E-state index in [1.165, 1.54) is 24.2 Å². The van der Waals surface area contributed by atoms with Crippen molar-refractivity contribution >= 4 is 22.9 Å². The molecule has 0 saturated heterocycles. The van der Waals surface area contributed by atoms with Gasteiger partial charge in [0.05, 0.1) is 18.3 Å². The molecule has 0 N–H and O–H groups in total. The first-order valence-electron chi connectivity index (χ1n) is 8.18. The van der Waals surface area contributed by atoms with Crippen LogP contribution in [0.25, 0.3) is 17.0 Å². The number of carbonyl (C=O) groups excluding carboxylic acids is 1. The first-order valence-corrected chi connectivity index (χ1v) is 8.18. The first kappa shape index (κ1) is 17.6. The van der Waals surface area contributed by atoms with Crippen LogP contribution in [0.5, 0.6) is 5.75 Å². The van der Waals surface area contributed by atoms with Crippen molar-refractivity contribution in [1.82, 2.24) is 9.88 Å². The summed E-state index contributed by atoms with van der Waals surface area (Å²) in [6.07, 6.45) is 3.15. The van der Waals surface area contributed by atoms with Crippen molar-refractivity contribution < 1.29 is 13.9 Å². The number of nitrogens with zero attached hydrogens (tertiary/aromatic N) is 2. The van der Waals surface area contributed by atoms with Gasteiger partial charge in [-0.25, -0.2) is 9.37 Å². The van der Waals surface area contributed by atoms with Gasteiger partial charge in [0, 0.05) is 25.1 Å². The zero-order chi connectivity index (χ0) is 18.5. The number of methoxy groups -OCH3 is 1. The van der Waals surface area contributed by atoms with Gasteiger partial charge < -0.3 is 9.64 Å². The lowest BCUT2D eigenvalue weighted by atomic mass is 10.2. The minimum Gasteiger partial charge on any atom is -0.494 e. The molecule has 0 aliphatic heterocycles. The van der Waals surface area contributed by atoms with Gasteiger partial charge >= 0.3 is 0 Å². The van der Waals surface area contributed by atoms with E-state index in [2.05, 4.69) is 4.98 Å². The average Bonchev–Trinajstić information content (AvgIpc) is 2.66. The Balaban J connectivity index is 1.67. The second kappa shape index (κ2) is 7.78. The third-order valence-electron chi connectivity index (χ3n) is 4.03. The van der Waals surface area contributed by atoms with E-state index in [1.807, 2.05) is 36.4 Å². The molecular formula is C21H19FN2O2. The van der Waals surface area contributed by atoms with Gasteiger partial charge in [-0.1, -0.05) is 30.3 Å². The number of carbonyl (C=O) groups is 1. The fourth-order valence-corrected chi connectivity index (χ4v) is 2.62. The Morgan fingerprint density at radius 3 is 2.77 bits per heavy atom. The molecule has 4 nitrogen and oxygen atoms in total. The predicted molar refractivity (Wildman–Crippen MR) is 100 cm³/mol. The normalized spacial score (nSPS) is 11.0. The van der Waals surface area contributed by atoms with Crippen molar-refractivity contribution in [2.24, 2.45) is 0 Å². The molecular weight excluding hydrogens is 331 g/mol. The van der Waals surface area contributed by atoms with E-state index in [0.29, 0.717) is 17.8 Å². The molecule has 1 heterocycles. The number of halogens is 1. The molecule has 2 aromatic carbocycles. The Morgan fingerprint density at radius 2 is 2.00 bits per heavy atom. The smallest absolute Gasteiger partial charge is 0.246 e. The molecule has 5 heteroatoms. The molecule has 0 spiro atoms. The lowest BCUT2D eigenvalue weighted by molar-refractivity contribution is -0.125. The Bertz CT molecular complexity index is 969. The molecule has 1 amide bonds. The highest BCUT2D eigenvalue weighted by Gasteiger charge is 2.09. The van der Waals surface area contributed by atoms with E-state index in [4.69, 9.17) is 4.74 Å². The highest BCUT2D eigenvalue weighted by atomic mass is 19.1. The van der Waals surface area contributed by atoms with Crippen LogP contribution in [-0.4, -0.2) is 29.9 Å². The van der Waals surface area contributed by atoms with E-state index in [-0.39, 0.29) is 11.7 Å². The molecule has 3 aromatic rings. The number of ether oxygens (including phenoxy) is 1. The maximum Gasteiger partial charge on any atom is 0.246 e. The number of pyridine rings is 1. The maximum atomic E-state index is 13.7. The number of rotatable bonds is 5. The number of fused-ring (bicyclic) bond motifs is 1. The number of likely N-dealkylation sites (N-methyl/N-ethyl adjacent to an activating group) is 1. The lowest BCUT2D eigenvalue weighted by Gasteiger charge is -2.15. The van der Waals surface area contributed by atoms with Gasteiger partial charge in [0.15, 0.2) is 11.6 Å². The van der Waals surface area contributed by atoms with E-state index in [9.17, 15) is 9.18 Å². The largest absolute Gasteiger partial charge is 0.494 e. The molecule has 0 atom stereocenters. The molecule has 3 rings (SSSR count). The predicted octanol–water partition coefficient (Wildman–Crippen LogP) is 4.05. The van der Waals surface area contributed by atoms with Crippen LogP contribution in [-0.2, 0) is 11.3 Å². The van der Waals surface area contributed by atoms with Crippen molar-refractivity contribution in [2.45, 2.75) is 6.54 Å². The van der Waals surface area contributed by atoms with Crippen LogP contribution in [0.4, 0.5) is 4.39 Å². The van der Waals surface area contributed by atoms with Gasteiger partial charge in [0.25, 0.3) is 0 Å². The van der Waals surface area contributed by atoms with E-state index in [1.54, 1.807) is 25.3 Å². The van der Waals surface area contributed by atoms with Crippen LogP contribution in [0.15, 0.2) is 60.7 Å². The van der Waals surface area contributed by atoms with Gasteiger partial charge in [0.1, 0.15) is 0 Å². The number of benzene rings is 2. The second-order valence-electron chi connectivity index (χ2n) is 5.93. The van der Waals surface area contributed by atoms with Crippen LogP contribution in [0.2, 0.25) is 0 Å². The number of amides is 1. The van der Waals surface area contributed by atoms with Crippen LogP contribution >= 0.6 is 0 Å². The van der Waals surface area contributed by atoms with Gasteiger partial charge in [-0.2, -0.15) is 0 Å². The summed E-state index contributed by atoms with van der Waals surface area (Å²) in [7, 11) is 3.09. The number of para-hydroxylation sites is 1. The summed E-state index contributed by atoms with van der Waals surface area (Å²) in [5.41, 5.74) is 2.28. The molecule has 0 saturated carbocycles. The fraction of sp³-hybridized carbons (Fsp3) is 0.143. The highest BCUT2D eigenvalue weighted by molar-refractivity contribution is 5.91. The molecule has 0 radical (unpaired) electrons. The highest BCUT2D eigenvalue weighted by Crippen LogP contribution is 2.18. The minimum atomic E-state index is -0.443.